The third-order valence-electron chi connectivity index (χ3n) is 9.53. The number of ether oxygens (including phenoxy) is 4. The SMILES string of the molecule is CCCOc1cc2c(cc1OC)CCCN(C(C(=O)NC1CCc3ccccc31)c1ccccc1)C2Cc1ccc(OC)c(OC)c1. The van der Waals surface area contributed by atoms with Crippen LogP contribution in [0.15, 0.2) is 84.9 Å². The van der Waals surface area contributed by atoms with Crippen LogP contribution in [0.25, 0.3) is 0 Å². The number of methoxy groups -OCH3 is 3. The summed E-state index contributed by atoms with van der Waals surface area (Å²) in [4.78, 5) is 17.1. The lowest BCUT2D eigenvalue weighted by Gasteiger charge is -2.38. The smallest absolute Gasteiger partial charge is 0.242 e. The van der Waals surface area contributed by atoms with E-state index in [-0.39, 0.29) is 18.0 Å². The standard InChI is InChI=1S/C40H46N2O5/c1-5-22-47-38-26-32-30(25-37(38)46-4)15-11-21-42(34(32)23-27-17-20-35(44-2)36(24-27)45-3)39(29-13-7-6-8-14-29)40(43)41-33-19-18-28-12-9-10-16-31(28)33/h6-10,12-14,16-17,20,24-26,33-34,39H,5,11,15,18-19,21-23H2,1-4H3,(H,41,43). The highest BCUT2D eigenvalue weighted by Crippen LogP contribution is 2.43. The van der Waals surface area contributed by atoms with Gasteiger partial charge in [0.2, 0.25) is 5.91 Å². The fourth-order valence-electron chi connectivity index (χ4n) is 7.27. The van der Waals surface area contributed by atoms with Crippen LogP contribution in [0.3, 0.4) is 0 Å². The van der Waals surface area contributed by atoms with Gasteiger partial charge in [-0.25, -0.2) is 0 Å². The first-order valence-corrected chi connectivity index (χ1v) is 16.8. The Morgan fingerprint density at radius 2 is 1.55 bits per heavy atom. The maximum atomic E-state index is 14.7. The van der Waals surface area contributed by atoms with E-state index in [0.717, 1.165) is 66.8 Å². The van der Waals surface area contributed by atoms with Crippen molar-refractivity contribution in [3.8, 4) is 23.0 Å². The Morgan fingerprint density at radius 1 is 0.809 bits per heavy atom. The summed E-state index contributed by atoms with van der Waals surface area (Å²) in [5.74, 6) is 2.87. The summed E-state index contributed by atoms with van der Waals surface area (Å²) in [6, 6.07) is 28.4. The average molecular weight is 635 g/mol. The van der Waals surface area contributed by atoms with Gasteiger partial charge in [0.25, 0.3) is 0 Å². The van der Waals surface area contributed by atoms with Gasteiger partial charge in [0.05, 0.1) is 34.0 Å². The Labute approximate surface area is 278 Å². The Balaban J connectivity index is 1.45. The molecule has 246 valence electrons. The molecule has 47 heavy (non-hydrogen) atoms. The topological polar surface area (TPSA) is 69.3 Å². The van der Waals surface area contributed by atoms with Crippen LogP contribution in [-0.4, -0.2) is 45.3 Å². The molecule has 1 N–H and O–H groups in total. The molecule has 4 aromatic carbocycles. The quantitative estimate of drug-likeness (QED) is 0.173. The van der Waals surface area contributed by atoms with Crippen molar-refractivity contribution in [3.63, 3.8) is 0 Å². The lowest BCUT2D eigenvalue weighted by molar-refractivity contribution is -0.128. The zero-order valence-corrected chi connectivity index (χ0v) is 28.0. The number of fused-ring (bicyclic) bond motifs is 2. The van der Waals surface area contributed by atoms with Gasteiger partial charge in [-0.05, 0) is 96.2 Å². The molecular weight excluding hydrogens is 588 g/mol. The summed E-state index contributed by atoms with van der Waals surface area (Å²) in [7, 11) is 5.01. The van der Waals surface area contributed by atoms with Crippen molar-refractivity contribution in [2.75, 3.05) is 34.5 Å². The Bertz CT molecular complexity index is 1670. The van der Waals surface area contributed by atoms with Crippen molar-refractivity contribution in [3.05, 3.63) is 118 Å². The van der Waals surface area contributed by atoms with Crippen LogP contribution in [0.5, 0.6) is 23.0 Å². The van der Waals surface area contributed by atoms with Gasteiger partial charge in [-0.1, -0.05) is 67.6 Å². The van der Waals surface area contributed by atoms with Crippen LogP contribution in [0.1, 0.15) is 77.7 Å². The van der Waals surface area contributed by atoms with Gasteiger partial charge in [0.1, 0.15) is 6.04 Å². The van der Waals surface area contributed by atoms with E-state index in [1.807, 2.05) is 30.3 Å². The highest BCUT2D eigenvalue weighted by atomic mass is 16.5. The molecule has 2 aliphatic rings. The predicted molar refractivity (Wildman–Crippen MR) is 185 cm³/mol. The fraction of sp³-hybridized carbons (Fsp3) is 0.375. The minimum absolute atomic E-state index is 0.00761. The van der Waals surface area contributed by atoms with E-state index in [2.05, 4.69) is 71.7 Å². The van der Waals surface area contributed by atoms with E-state index in [1.165, 1.54) is 16.7 Å². The van der Waals surface area contributed by atoms with Gasteiger partial charge in [-0.3, -0.25) is 9.69 Å². The number of aryl methyl sites for hydroxylation is 2. The van der Waals surface area contributed by atoms with Crippen LogP contribution in [0.4, 0.5) is 0 Å². The zero-order chi connectivity index (χ0) is 32.8. The molecule has 7 heteroatoms. The van der Waals surface area contributed by atoms with E-state index < -0.39 is 6.04 Å². The summed E-state index contributed by atoms with van der Waals surface area (Å²) >= 11 is 0. The maximum Gasteiger partial charge on any atom is 0.242 e. The molecule has 3 atom stereocenters. The van der Waals surface area contributed by atoms with Gasteiger partial charge in [-0.15, -0.1) is 0 Å². The fourth-order valence-corrected chi connectivity index (χ4v) is 7.27. The van der Waals surface area contributed by atoms with Gasteiger partial charge in [-0.2, -0.15) is 0 Å². The Morgan fingerprint density at radius 3 is 2.32 bits per heavy atom. The largest absolute Gasteiger partial charge is 0.493 e. The molecule has 0 spiro atoms. The molecule has 1 aliphatic heterocycles. The van der Waals surface area contributed by atoms with Gasteiger partial charge in [0, 0.05) is 12.6 Å². The number of amides is 1. The molecule has 0 saturated heterocycles. The normalized spacial score (nSPS) is 18.0. The molecule has 4 aromatic rings. The van der Waals surface area contributed by atoms with Crippen molar-refractivity contribution in [2.24, 2.45) is 0 Å². The average Bonchev–Trinajstić information content (AvgIpc) is 3.43. The number of nitrogens with zero attached hydrogens (tertiary/aromatic N) is 1. The molecule has 0 aromatic heterocycles. The lowest BCUT2D eigenvalue weighted by atomic mass is 9.91. The number of benzene rings is 4. The van der Waals surface area contributed by atoms with E-state index in [4.69, 9.17) is 18.9 Å². The molecule has 0 radical (unpaired) electrons. The van der Waals surface area contributed by atoms with Gasteiger partial charge < -0.3 is 24.3 Å². The molecule has 1 amide bonds. The maximum absolute atomic E-state index is 14.7. The Hall–Kier alpha value is -4.49. The second-order valence-electron chi connectivity index (χ2n) is 12.4. The number of nitrogens with one attached hydrogen (secondary N) is 1. The van der Waals surface area contributed by atoms with Gasteiger partial charge in [0.15, 0.2) is 23.0 Å². The molecule has 0 fully saturated rings. The lowest BCUT2D eigenvalue weighted by Crippen LogP contribution is -2.44. The van der Waals surface area contributed by atoms with Crippen molar-refractivity contribution < 1.29 is 23.7 Å². The minimum atomic E-state index is -0.498. The van der Waals surface area contributed by atoms with E-state index in [1.54, 1.807) is 21.3 Å². The molecule has 0 bridgehead atoms. The van der Waals surface area contributed by atoms with Crippen LogP contribution in [-0.2, 0) is 24.1 Å². The molecule has 7 nitrogen and oxygen atoms in total. The second-order valence-corrected chi connectivity index (χ2v) is 12.4. The van der Waals surface area contributed by atoms with E-state index in [9.17, 15) is 4.79 Å². The summed E-state index contributed by atoms with van der Waals surface area (Å²) in [6.45, 7) is 3.44. The van der Waals surface area contributed by atoms with Crippen LogP contribution >= 0.6 is 0 Å². The van der Waals surface area contributed by atoms with Crippen LogP contribution in [0.2, 0.25) is 0 Å². The van der Waals surface area contributed by atoms with E-state index in [0.29, 0.717) is 24.5 Å². The number of carbonyl (C=O) groups excluding carboxylic acids is 1. The molecule has 1 heterocycles. The van der Waals surface area contributed by atoms with Crippen molar-refractivity contribution in [1.82, 2.24) is 10.2 Å². The first-order valence-electron chi connectivity index (χ1n) is 16.8. The molecular formula is C40H46N2O5. The molecule has 6 rings (SSSR count). The summed E-state index contributed by atoms with van der Waals surface area (Å²) < 4.78 is 23.3. The van der Waals surface area contributed by atoms with Crippen molar-refractivity contribution >= 4 is 5.91 Å². The summed E-state index contributed by atoms with van der Waals surface area (Å²) in [5.41, 5.74) is 6.99. The first-order chi connectivity index (χ1) is 23.0. The number of hydrogen-bond acceptors (Lipinski definition) is 6. The summed E-state index contributed by atoms with van der Waals surface area (Å²) in [5, 5.41) is 3.49. The highest BCUT2D eigenvalue weighted by molar-refractivity contribution is 5.84. The summed E-state index contributed by atoms with van der Waals surface area (Å²) in [6.07, 6.45) is 5.20. The monoisotopic (exact) mass is 634 g/mol. The van der Waals surface area contributed by atoms with Crippen LogP contribution < -0.4 is 24.3 Å². The third kappa shape index (κ3) is 6.96. The molecule has 0 saturated carbocycles. The number of hydrogen-bond donors (Lipinski definition) is 1. The first kappa shape index (κ1) is 32.5. The highest BCUT2D eigenvalue weighted by Gasteiger charge is 2.38. The van der Waals surface area contributed by atoms with Crippen LogP contribution in [0, 0.1) is 0 Å². The number of carbonyl (C=O) groups is 1. The van der Waals surface area contributed by atoms with Crippen molar-refractivity contribution in [1.29, 1.82) is 0 Å². The predicted octanol–water partition coefficient (Wildman–Crippen LogP) is 7.58. The third-order valence-corrected chi connectivity index (χ3v) is 9.53. The van der Waals surface area contributed by atoms with Crippen molar-refractivity contribution in [2.45, 2.75) is 63.6 Å². The minimum Gasteiger partial charge on any atom is -0.493 e. The zero-order valence-electron chi connectivity index (χ0n) is 28.0. The second kappa shape index (κ2) is 14.9. The Kier molecular flexibility index (Phi) is 10.3. The molecule has 3 unspecified atom stereocenters. The number of rotatable bonds is 12. The van der Waals surface area contributed by atoms with Gasteiger partial charge >= 0.3 is 0 Å². The van der Waals surface area contributed by atoms with E-state index >= 15 is 0 Å². The molecule has 1 aliphatic carbocycles.